The third-order valence-electron chi connectivity index (χ3n) is 2.43. The van der Waals surface area contributed by atoms with E-state index in [1.807, 2.05) is 30.3 Å². The van der Waals surface area contributed by atoms with Crippen molar-refractivity contribution in [2.45, 2.75) is 0 Å². The maximum absolute atomic E-state index is 6.02. The second-order valence-corrected chi connectivity index (χ2v) is 3.41. The molecule has 0 spiro atoms. The van der Waals surface area contributed by atoms with E-state index in [0.29, 0.717) is 17.2 Å². The zero-order valence-electron chi connectivity index (χ0n) is 8.41. The molecule has 0 aliphatic carbocycles. The molecule has 1 aromatic rings. The summed E-state index contributed by atoms with van der Waals surface area (Å²) in [4.78, 5) is 4.24. The monoisotopic (exact) mass is 211 g/mol. The first-order valence-electron chi connectivity index (χ1n) is 4.86. The van der Waals surface area contributed by atoms with E-state index in [1.54, 1.807) is 17.1 Å². The van der Waals surface area contributed by atoms with Gasteiger partial charge in [0, 0.05) is 5.69 Å². The van der Waals surface area contributed by atoms with Gasteiger partial charge >= 0.3 is 0 Å². The highest BCUT2D eigenvalue weighted by atomic mass is 15.2. The maximum atomic E-state index is 6.02. The fourth-order valence-corrected chi connectivity index (χ4v) is 1.62. The van der Waals surface area contributed by atoms with Crippen LogP contribution in [0.15, 0.2) is 42.9 Å². The van der Waals surface area contributed by atoms with Gasteiger partial charge in [0.2, 0.25) is 0 Å². The van der Waals surface area contributed by atoms with Crippen molar-refractivity contribution in [3.05, 3.63) is 42.9 Å². The summed E-state index contributed by atoms with van der Waals surface area (Å²) >= 11 is 0. The molecular weight excluding hydrogens is 202 g/mol. The Morgan fingerprint density at radius 1 is 1.12 bits per heavy atom. The number of hydrogen-bond acceptors (Lipinski definition) is 4. The molecule has 5 heteroatoms. The first-order chi connectivity index (χ1) is 7.86. The number of fused-ring (bicyclic) bond motifs is 1. The van der Waals surface area contributed by atoms with Crippen molar-refractivity contribution in [3.8, 4) is 17.1 Å². The Labute approximate surface area is 91.9 Å². The van der Waals surface area contributed by atoms with Crippen molar-refractivity contribution in [1.82, 2.24) is 19.7 Å². The van der Waals surface area contributed by atoms with E-state index in [0.717, 1.165) is 5.69 Å². The normalized spacial score (nSPS) is 10.8. The van der Waals surface area contributed by atoms with Crippen molar-refractivity contribution in [3.63, 3.8) is 0 Å². The molecule has 2 aliphatic rings. The molecule has 78 valence electrons. The van der Waals surface area contributed by atoms with Crippen LogP contribution in [0.5, 0.6) is 0 Å². The van der Waals surface area contributed by atoms with Crippen LogP contribution >= 0.6 is 0 Å². The summed E-state index contributed by atoms with van der Waals surface area (Å²) in [6, 6.07) is 9.76. The van der Waals surface area contributed by atoms with Crippen molar-refractivity contribution in [1.29, 1.82) is 0 Å². The molecule has 0 amide bonds. The van der Waals surface area contributed by atoms with Gasteiger partial charge in [0.25, 0.3) is 0 Å². The first-order valence-corrected chi connectivity index (χ1v) is 4.86. The lowest BCUT2D eigenvalue weighted by Gasteiger charge is -2.11. The van der Waals surface area contributed by atoms with E-state index >= 15 is 0 Å². The highest BCUT2D eigenvalue weighted by molar-refractivity contribution is 5.68. The predicted octanol–water partition coefficient (Wildman–Crippen LogP) is 1.35. The minimum Gasteiger partial charge on any atom is -0.383 e. The molecule has 2 heterocycles. The third kappa shape index (κ3) is 1.22. The number of anilines is 1. The summed E-state index contributed by atoms with van der Waals surface area (Å²) in [7, 11) is 0. The van der Waals surface area contributed by atoms with Crippen molar-refractivity contribution in [2.75, 3.05) is 5.73 Å². The Hall–Kier alpha value is -2.43. The van der Waals surface area contributed by atoms with Gasteiger partial charge in [-0.05, 0) is 12.1 Å². The Morgan fingerprint density at radius 3 is 2.75 bits per heavy atom. The van der Waals surface area contributed by atoms with Gasteiger partial charge in [0.15, 0.2) is 5.69 Å². The standard InChI is InChI=1S/C11H9N5/c12-11-10-9(6-14-15-10)13-7-16(11)8-4-2-1-3-5-8/h1-7H,12H2. The number of aromatic nitrogens is 4. The highest BCUT2D eigenvalue weighted by Crippen LogP contribution is 2.24. The quantitative estimate of drug-likeness (QED) is 0.659. The summed E-state index contributed by atoms with van der Waals surface area (Å²) < 4.78 is 1.79. The minimum atomic E-state index is 0.550. The van der Waals surface area contributed by atoms with Crippen LogP contribution in [-0.4, -0.2) is 19.7 Å². The van der Waals surface area contributed by atoms with Crippen LogP contribution < -0.4 is 5.73 Å². The van der Waals surface area contributed by atoms with E-state index in [9.17, 15) is 0 Å². The van der Waals surface area contributed by atoms with Crippen LogP contribution in [0.4, 0.5) is 5.82 Å². The maximum Gasteiger partial charge on any atom is 0.154 e. The number of benzene rings is 1. The average Bonchev–Trinajstić information content (AvgIpc) is 2.80. The molecule has 0 aromatic heterocycles. The van der Waals surface area contributed by atoms with Crippen molar-refractivity contribution >= 4 is 5.82 Å². The fraction of sp³-hybridized carbons (Fsp3) is 0. The molecular formula is C11H9N5. The second-order valence-electron chi connectivity index (χ2n) is 3.41. The topological polar surface area (TPSA) is 69.6 Å². The van der Waals surface area contributed by atoms with Gasteiger partial charge in [-0.15, -0.1) is 5.10 Å². The molecule has 0 unspecified atom stereocenters. The Kier molecular flexibility index (Phi) is 1.83. The summed E-state index contributed by atoms with van der Waals surface area (Å²) in [6.45, 7) is 0. The van der Waals surface area contributed by atoms with Crippen LogP contribution in [0.1, 0.15) is 0 Å². The van der Waals surface area contributed by atoms with E-state index < -0.39 is 0 Å². The molecule has 0 saturated carbocycles. The minimum absolute atomic E-state index is 0.550. The Morgan fingerprint density at radius 2 is 1.94 bits per heavy atom. The summed E-state index contributed by atoms with van der Waals surface area (Å²) in [6.07, 6.45) is 3.28. The fourth-order valence-electron chi connectivity index (χ4n) is 1.62. The smallest absolute Gasteiger partial charge is 0.154 e. The second kappa shape index (κ2) is 3.30. The van der Waals surface area contributed by atoms with E-state index in [1.165, 1.54) is 0 Å². The van der Waals surface area contributed by atoms with Gasteiger partial charge in [0.1, 0.15) is 17.8 Å². The molecule has 1 aromatic carbocycles. The zero-order chi connectivity index (χ0) is 11.0. The molecule has 0 bridgehead atoms. The van der Waals surface area contributed by atoms with Gasteiger partial charge in [-0.3, -0.25) is 4.57 Å². The molecule has 0 saturated heterocycles. The van der Waals surface area contributed by atoms with Crippen molar-refractivity contribution in [2.24, 2.45) is 0 Å². The van der Waals surface area contributed by atoms with Crippen molar-refractivity contribution < 1.29 is 0 Å². The largest absolute Gasteiger partial charge is 0.383 e. The van der Waals surface area contributed by atoms with E-state index in [4.69, 9.17) is 5.73 Å². The molecule has 16 heavy (non-hydrogen) atoms. The van der Waals surface area contributed by atoms with Crippen LogP contribution in [0, 0.1) is 0 Å². The summed E-state index contributed by atoms with van der Waals surface area (Å²) in [5, 5.41) is 7.74. The number of para-hydroxylation sites is 1. The SMILES string of the molecule is Nc1c2nncc-2ncn1-c1ccccc1. The predicted molar refractivity (Wildman–Crippen MR) is 60.2 cm³/mol. The van der Waals surface area contributed by atoms with Crippen LogP contribution in [0.3, 0.4) is 0 Å². The lowest BCUT2D eigenvalue weighted by atomic mass is 10.3. The lowest BCUT2D eigenvalue weighted by Crippen LogP contribution is -2.07. The van der Waals surface area contributed by atoms with Gasteiger partial charge in [0.05, 0.1) is 6.20 Å². The number of hydrogen-bond donors (Lipinski definition) is 1. The lowest BCUT2D eigenvalue weighted by molar-refractivity contribution is 0.986. The van der Waals surface area contributed by atoms with Gasteiger partial charge in [-0.1, -0.05) is 18.2 Å². The van der Waals surface area contributed by atoms with Crippen LogP contribution in [-0.2, 0) is 0 Å². The molecule has 0 radical (unpaired) electrons. The average molecular weight is 211 g/mol. The number of rotatable bonds is 1. The number of nitrogens with two attached hydrogens (primary N) is 1. The highest BCUT2D eigenvalue weighted by Gasteiger charge is 2.13. The Balaban J connectivity index is 2.26. The Bertz CT molecular complexity index is 587. The molecule has 2 N–H and O–H groups in total. The summed E-state index contributed by atoms with van der Waals surface area (Å²) in [5.41, 5.74) is 8.32. The van der Waals surface area contributed by atoms with E-state index in [-0.39, 0.29) is 0 Å². The molecule has 5 nitrogen and oxygen atoms in total. The molecule has 0 fully saturated rings. The zero-order valence-corrected chi connectivity index (χ0v) is 8.41. The van der Waals surface area contributed by atoms with Crippen LogP contribution in [0.25, 0.3) is 17.1 Å². The van der Waals surface area contributed by atoms with Gasteiger partial charge < -0.3 is 5.73 Å². The van der Waals surface area contributed by atoms with Gasteiger partial charge in [-0.2, -0.15) is 5.10 Å². The van der Waals surface area contributed by atoms with Gasteiger partial charge in [-0.25, -0.2) is 4.98 Å². The number of nitrogen functional groups attached to an aromatic ring is 1. The number of nitrogens with zero attached hydrogens (tertiary/aromatic N) is 4. The molecule has 3 rings (SSSR count). The van der Waals surface area contributed by atoms with Crippen LogP contribution in [0.2, 0.25) is 0 Å². The third-order valence-corrected chi connectivity index (χ3v) is 2.43. The molecule has 2 aliphatic heterocycles. The molecule has 0 atom stereocenters. The van der Waals surface area contributed by atoms with E-state index in [2.05, 4.69) is 15.2 Å². The summed E-state index contributed by atoms with van der Waals surface area (Å²) in [5.74, 6) is 0.550. The first kappa shape index (κ1) is 8.84.